The van der Waals surface area contributed by atoms with Crippen LogP contribution in [0, 0.1) is 0 Å². The molecular weight excluding hydrogens is 401 g/mol. The molecule has 2 heterocycles. The van der Waals surface area contributed by atoms with Gasteiger partial charge in [-0.25, -0.2) is 0 Å². The molecule has 0 spiro atoms. The third kappa shape index (κ3) is 2.70. The molecule has 0 unspecified atom stereocenters. The first kappa shape index (κ1) is 15.2. The zero-order valence-corrected chi connectivity index (χ0v) is 15.1. The molecule has 1 aliphatic carbocycles. The van der Waals surface area contributed by atoms with Crippen molar-refractivity contribution in [1.82, 2.24) is 0 Å². The molecule has 2 aromatic heterocycles. The molecular formula is C15H17BrNO3Se+. The number of hydrogen-bond donors (Lipinski definition) is 1. The molecule has 0 radical (unpaired) electrons. The number of fused-ring (bicyclic) bond motifs is 1. The van der Waals surface area contributed by atoms with Crippen LogP contribution in [0.1, 0.15) is 46.9 Å². The first-order valence-corrected chi connectivity index (χ1v) is 9.42. The minimum atomic E-state index is -0.686. The third-order valence-electron chi connectivity index (χ3n) is 4.06. The van der Waals surface area contributed by atoms with Crippen LogP contribution in [0.4, 0.5) is 0 Å². The Bertz CT molecular complexity index is 692. The van der Waals surface area contributed by atoms with E-state index in [1.807, 2.05) is 12.3 Å². The number of carbonyl (C=O) groups is 1. The van der Waals surface area contributed by atoms with Gasteiger partial charge < -0.3 is 0 Å². The van der Waals surface area contributed by atoms with Crippen molar-refractivity contribution in [2.75, 3.05) is 7.11 Å². The van der Waals surface area contributed by atoms with Gasteiger partial charge in [0.05, 0.1) is 0 Å². The van der Waals surface area contributed by atoms with Crippen molar-refractivity contribution in [2.45, 2.75) is 37.7 Å². The second-order valence-electron chi connectivity index (χ2n) is 5.44. The molecule has 1 N–H and O–H groups in total. The molecule has 21 heavy (non-hydrogen) atoms. The van der Waals surface area contributed by atoms with Gasteiger partial charge in [-0.15, -0.1) is 0 Å². The number of aromatic nitrogens is 1. The van der Waals surface area contributed by atoms with E-state index in [9.17, 15) is 9.90 Å². The van der Waals surface area contributed by atoms with Crippen LogP contribution in [0.2, 0.25) is 0 Å². The van der Waals surface area contributed by atoms with Gasteiger partial charge in [0.1, 0.15) is 0 Å². The summed E-state index contributed by atoms with van der Waals surface area (Å²) in [4.78, 5) is 11.7. The zero-order valence-electron chi connectivity index (χ0n) is 11.8. The molecule has 1 saturated carbocycles. The van der Waals surface area contributed by atoms with Crippen LogP contribution in [-0.2, 0) is 10.3 Å². The number of nitrogens with zero attached hydrogens (tertiary/aromatic N) is 1. The van der Waals surface area contributed by atoms with Crippen molar-refractivity contribution in [3.63, 3.8) is 0 Å². The Labute approximate surface area is 137 Å². The van der Waals surface area contributed by atoms with E-state index in [4.69, 9.17) is 4.74 Å². The quantitative estimate of drug-likeness (QED) is 0.601. The minimum absolute atomic E-state index is 0.0366. The van der Waals surface area contributed by atoms with E-state index in [0.717, 1.165) is 40.1 Å². The molecule has 0 saturated heterocycles. The normalized spacial score (nSPS) is 17.9. The van der Waals surface area contributed by atoms with Crippen LogP contribution in [0.25, 0.3) is 5.52 Å². The van der Waals surface area contributed by atoms with Crippen LogP contribution in [0.15, 0.2) is 22.8 Å². The van der Waals surface area contributed by atoms with Gasteiger partial charge in [-0.05, 0) is 0 Å². The predicted octanol–water partition coefficient (Wildman–Crippen LogP) is 2.18. The van der Waals surface area contributed by atoms with Gasteiger partial charge in [-0.3, -0.25) is 0 Å². The first-order chi connectivity index (χ1) is 10.0. The molecule has 1 fully saturated rings. The second kappa shape index (κ2) is 5.84. The van der Waals surface area contributed by atoms with Crippen molar-refractivity contribution < 1.29 is 18.0 Å². The number of rotatable bonds is 2. The SMILES string of the molecule is COC(=O)c1cc[n+]2[se]c(C3(O)CCCCC3)c(Br)c2c1. The molecule has 6 heteroatoms. The van der Waals surface area contributed by atoms with Gasteiger partial charge in [0, 0.05) is 0 Å². The number of aliphatic hydroxyl groups is 1. The van der Waals surface area contributed by atoms with E-state index in [0.29, 0.717) is 5.56 Å². The fourth-order valence-electron chi connectivity index (χ4n) is 2.88. The van der Waals surface area contributed by atoms with E-state index >= 15 is 0 Å². The van der Waals surface area contributed by atoms with Crippen molar-refractivity contribution >= 4 is 42.1 Å². The van der Waals surface area contributed by atoms with Crippen LogP contribution >= 0.6 is 15.9 Å². The summed E-state index contributed by atoms with van der Waals surface area (Å²) in [7, 11) is 1.38. The Balaban J connectivity index is 2.09. The number of carbonyl (C=O) groups excluding carboxylic acids is 1. The number of methoxy groups -OCH3 is 1. The maximum absolute atomic E-state index is 11.7. The number of pyridine rings is 1. The summed E-state index contributed by atoms with van der Waals surface area (Å²) in [5.74, 6) is -0.337. The van der Waals surface area contributed by atoms with Gasteiger partial charge in [-0.1, -0.05) is 0 Å². The Hall–Kier alpha value is -0.681. The van der Waals surface area contributed by atoms with Crippen molar-refractivity contribution in [2.24, 2.45) is 0 Å². The number of ether oxygens (including phenoxy) is 1. The topological polar surface area (TPSA) is 50.6 Å². The van der Waals surface area contributed by atoms with Crippen LogP contribution < -0.4 is 3.40 Å². The number of hydrogen-bond acceptors (Lipinski definition) is 3. The Morgan fingerprint density at radius 1 is 1.43 bits per heavy atom. The van der Waals surface area contributed by atoms with Crippen LogP contribution in [0.3, 0.4) is 0 Å². The average molecular weight is 418 g/mol. The molecule has 3 rings (SSSR count). The van der Waals surface area contributed by atoms with Gasteiger partial charge in [0.2, 0.25) is 0 Å². The molecule has 112 valence electrons. The first-order valence-electron chi connectivity index (χ1n) is 7.00. The monoisotopic (exact) mass is 418 g/mol. The fourth-order valence-corrected chi connectivity index (χ4v) is 6.54. The molecule has 4 nitrogen and oxygen atoms in total. The van der Waals surface area contributed by atoms with E-state index in [-0.39, 0.29) is 20.7 Å². The number of halogens is 1. The average Bonchev–Trinajstić information content (AvgIpc) is 2.84. The summed E-state index contributed by atoms with van der Waals surface area (Å²) >= 11 is 3.68. The summed E-state index contributed by atoms with van der Waals surface area (Å²) in [5.41, 5.74) is 0.800. The molecule has 0 amide bonds. The Morgan fingerprint density at radius 3 is 2.81 bits per heavy atom. The molecule has 0 bridgehead atoms. The fraction of sp³-hybridized carbons (Fsp3) is 0.467. The summed E-state index contributed by atoms with van der Waals surface area (Å²) in [6.45, 7) is 0. The Kier molecular flexibility index (Phi) is 4.23. The maximum atomic E-state index is 11.7. The predicted molar refractivity (Wildman–Crippen MR) is 82.6 cm³/mol. The summed E-state index contributed by atoms with van der Waals surface area (Å²) in [5, 5.41) is 11.0. The molecule has 0 aliphatic heterocycles. The van der Waals surface area contributed by atoms with Crippen LogP contribution in [-0.4, -0.2) is 32.9 Å². The van der Waals surface area contributed by atoms with E-state index in [1.165, 1.54) is 13.5 Å². The standard InChI is InChI=1S/C15H17BrNO3Se/c1-20-14(18)10-5-8-17-11(9-10)12(16)13(21-17)15(19)6-3-2-4-7-15/h5,8-9,19H,2-4,6-7H2,1H3/q+1. The van der Waals surface area contributed by atoms with E-state index < -0.39 is 5.60 Å². The van der Waals surface area contributed by atoms with Crippen molar-refractivity contribution in [3.05, 3.63) is 32.8 Å². The van der Waals surface area contributed by atoms with Gasteiger partial charge >= 0.3 is 138 Å². The van der Waals surface area contributed by atoms with E-state index in [2.05, 4.69) is 19.3 Å². The Morgan fingerprint density at radius 2 is 2.14 bits per heavy atom. The summed E-state index contributed by atoms with van der Waals surface area (Å²) < 4.78 is 8.92. The van der Waals surface area contributed by atoms with E-state index in [1.54, 1.807) is 6.07 Å². The van der Waals surface area contributed by atoms with Gasteiger partial charge in [-0.2, -0.15) is 0 Å². The number of esters is 1. The second-order valence-corrected chi connectivity index (χ2v) is 8.30. The molecule has 1 aliphatic rings. The zero-order chi connectivity index (χ0) is 15.0. The summed E-state index contributed by atoms with van der Waals surface area (Å²) in [6.07, 6.45) is 6.92. The molecule has 2 aromatic rings. The van der Waals surface area contributed by atoms with Crippen molar-refractivity contribution in [1.29, 1.82) is 0 Å². The van der Waals surface area contributed by atoms with Gasteiger partial charge in [0.15, 0.2) is 0 Å². The van der Waals surface area contributed by atoms with Gasteiger partial charge in [0.25, 0.3) is 0 Å². The van der Waals surface area contributed by atoms with Crippen LogP contribution in [0.5, 0.6) is 0 Å². The third-order valence-corrected chi connectivity index (χ3v) is 8.14. The summed E-state index contributed by atoms with van der Waals surface area (Å²) in [6, 6.07) is 3.60. The molecule has 0 atom stereocenters. The molecule has 0 aromatic carbocycles. The van der Waals surface area contributed by atoms with Crippen molar-refractivity contribution in [3.8, 4) is 0 Å².